The topological polar surface area (TPSA) is 77.2 Å². The van der Waals surface area contributed by atoms with Gasteiger partial charge in [-0.3, -0.25) is 0 Å². The molecule has 0 fully saturated rings. The first-order valence-corrected chi connectivity index (χ1v) is 6.35. The number of rotatable bonds is 6. The summed E-state index contributed by atoms with van der Waals surface area (Å²) in [7, 11) is 0. The third kappa shape index (κ3) is 4.01. The van der Waals surface area contributed by atoms with Gasteiger partial charge in [-0.25, -0.2) is 0 Å². The zero-order valence-electron chi connectivity index (χ0n) is 11.8. The molecule has 0 aliphatic rings. The number of aromatic nitrogens is 3. The number of hydrogen-bond donors (Lipinski definition) is 1. The Balaban J connectivity index is 3.03. The van der Waals surface area contributed by atoms with Crippen LogP contribution in [0, 0.1) is 5.92 Å². The first-order chi connectivity index (χ1) is 8.43. The monoisotopic (exact) mass is 253 g/mol. The minimum Gasteiger partial charge on any atom is -0.464 e. The average molecular weight is 253 g/mol. The molecular formula is C12H23N5O. The molecule has 1 rings (SSSR count). The van der Waals surface area contributed by atoms with Crippen LogP contribution in [-0.4, -0.2) is 34.1 Å². The standard InChI is InChI=1S/C12H23N5O/c1-6-18-12-15-10(13)14-11(16-12)17(9(4)5)7-8(2)3/h8-9H,6-7H2,1-5H3,(H2,13,14,15,16). The van der Waals surface area contributed by atoms with Crippen LogP contribution in [0.4, 0.5) is 11.9 Å². The summed E-state index contributed by atoms with van der Waals surface area (Å²) in [6.07, 6.45) is 0. The van der Waals surface area contributed by atoms with Crippen LogP contribution in [0.2, 0.25) is 0 Å². The Morgan fingerprint density at radius 3 is 2.33 bits per heavy atom. The predicted octanol–water partition coefficient (Wildman–Crippen LogP) is 1.72. The van der Waals surface area contributed by atoms with Crippen LogP contribution in [0.1, 0.15) is 34.6 Å². The zero-order valence-corrected chi connectivity index (χ0v) is 11.8. The summed E-state index contributed by atoms with van der Waals surface area (Å²) in [5.41, 5.74) is 5.69. The van der Waals surface area contributed by atoms with Gasteiger partial charge in [-0.1, -0.05) is 13.8 Å². The molecule has 0 aliphatic heterocycles. The molecule has 0 atom stereocenters. The van der Waals surface area contributed by atoms with E-state index in [0.717, 1.165) is 6.54 Å². The first-order valence-electron chi connectivity index (χ1n) is 6.35. The minimum atomic E-state index is 0.192. The van der Waals surface area contributed by atoms with E-state index in [0.29, 0.717) is 24.5 Å². The Kier molecular flexibility index (Phi) is 5.12. The molecule has 18 heavy (non-hydrogen) atoms. The summed E-state index contributed by atoms with van der Waals surface area (Å²) in [6.45, 7) is 11.8. The smallest absolute Gasteiger partial charge is 0.323 e. The summed E-state index contributed by atoms with van der Waals surface area (Å²) >= 11 is 0. The second-order valence-corrected chi connectivity index (χ2v) is 4.85. The fourth-order valence-corrected chi connectivity index (χ4v) is 1.60. The second kappa shape index (κ2) is 6.37. The summed E-state index contributed by atoms with van der Waals surface area (Å²) in [4.78, 5) is 14.5. The average Bonchev–Trinajstić information content (AvgIpc) is 2.24. The van der Waals surface area contributed by atoms with Crippen molar-refractivity contribution >= 4 is 11.9 Å². The molecule has 1 aromatic heterocycles. The van der Waals surface area contributed by atoms with Crippen molar-refractivity contribution < 1.29 is 4.74 Å². The highest BCUT2D eigenvalue weighted by molar-refractivity contribution is 5.36. The molecule has 0 aliphatic carbocycles. The maximum absolute atomic E-state index is 5.69. The van der Waals surface area contributed by atoms with Gasteiger partial charge >= 0.3 is 6.01 Å². The number of anilines is 2. The maximum atomic E-state index is 5.69. The van der Waals surface area contributed by atoms with E-state index in [1.807, 2.05) is 6.92 Å². The van der Waals surface area contributed by atoms with Crippen LogP contribution in [0.15, 0.2) is 0 Å². The molecule has 6 nitrogen and oxygen atoms in total. The summed E-state index contributed by atoms with van der Waals surface area (Å²) in [5, 5.41) is 0. The molecular weight excluding hydrogens is 230 g/mol. The first kappa shape index (κ1) is 14.5. The van der Waals surface area contributed by atoms with E-state index in [4.69, 9.17) is 10.5 Å². The van der Waals surface area contributed by atoms with Gasteiger partial charge in [0.05, 0.1) is 6.61 Å². The molecule has 0 aromatic carbocycles. The second-order valence-electron chi connectivity index (χ2n) is 4.85. The summed E-state index contributed by atoms with van der Waals surface area (Å²) < 4.78 is 5.29. The molecule has 2 N–H and O–H groups in total. The van der Waals surface area contributed by atoms with Crippen molar-refractivity contribution in [3.63, 3.8) is 0 Å². The fraction of sp³-hybridized carbons (Fsp3) is 0.750. The number of ether oxygens (including phenoxy) is 1. The van der Waals surface area contributed by atoms with Crippen molar-refractivity contribution in [3.05, 3.63) is 0 Å². The lowest BCUT2D eigenvalue weighted by molar-refractivity contribution is 0.311. The largest absolute Gasteiger partial charge is 0.464 e. The number of hydrogen-bond acceptors (Lipinski definition) is 6. The van der Waals surface area contributed by atoms with Crippen LogP contribution in [0.5, 0.6) is 6.01 Å². The number of nitrogens with zero attached hydrogens (tertiary/aromatic N) is 4. The van der Waals surface area contributed by atoms with Crippen molar-refractivity contribution in [1.29, 1.82) is 0 Å². The normalized spacial score (nSPS) is 11.1. The quantitative estimate of drug-likeness (QED) is 0.831. The van der Waals surface area contributed by atoms with Gasteiger partial charge in [0.1, 0.15) is 0 Å². The number of nitrogens with two attached hydrogens (primary N) is 1. The maximum Gasteiger partial charge on any atom is 0.323 e. The molecule has 102 valence electrons. The van der Waals surface area contributed by atoms with Crippen LogP contribution in [0.25, 0.3) is 0 Å². The molecule has 0 saturated carbocycles. The van der Waals surface area contributed by atoms with Gasteiger partial charge in [0.2, 0.25) is 11.9 Å². The lowest BCUT2D eigenvalue weighted by Crippen LogP contribution is -2.35. The third-order valence-electron chi connectivity index (χ3n) is 2.34. The van der Waals surface area contributed by atoms with Crippen LogP contribution < -0.4 is 15.4 Å². The van der Waals surface area contributed by atoms with E-state index in [1.54, 1.807) is 0 Å². The Morgan fingerprint density at radius 2 is 1.83 bits per heavy atom. The van der Waals surface area contributed by atoms with Gasteiger partial charge in [0.15, 0.2) is 0 Å². The predicted molar refractivity (Wildman–Crippen MR) is 72.7 cm³/mol. The highest BCUT2D eigenvalue weighted by Gasteiger charge is 2.17. The fourth-order valence-electron chi connectivity index (χ4n) is 1.60. The highest BCUT2D eigenvalue weighted by Crippen LogP contribution is 2.17. The molecule has 0 amide bonds. The van der Waals surface area contributed by atoms with E-state index in [1.165, 1.54) is 0 Å². The van der Waals surface area contributed by atoms with E-state index in [9.17, 15) is 0 Å². The van der Waals surface area contributed by atoms with E-state index in [2.05, 4.69) is 47.5 Å². The van der Waals surface area contributed by atoms with Gasteiger partial charge in [0.25, 0.3) is 0 Å². The van der Waals surface area contributed by atoms with Gasteiger partial charge in [0, 0.05) is 12.6 Å². The molecule has 1 heterocycles. The van der Waals surface area contributed by atoms with E-state index in [-0.39, 0.29) is 12.0 Å². The van der Waals surface area contributed by atoms with Crippen molar-refractivity contribution in [3.8, 4) is 6.01 Å². The van der Waals surface area contributed by atoms with Crippen LogP contribution in [0.3, 0.4) is 0 Å². The van der Waals surface area contributed by atoms with E-state index < -0.39 is 0 Å². The molecule has 0 unspecified atom stereocenters. The van der Waals surface area contributed by atoms with Crippen molar-refractivity contribution in [2.24, 2.45) is 5.92 Å². The van der Waals surface area contributed by atoms with Gasteiger partial charge < -0.3 is 15.4 Å². The molecule has 0 saturated heterocycles. The van der Waals surface area contributed by atoms with Crippen molar-refractivity contribution in [2.45, 2.75) is 40.7 Å². The SMILES string of the molecule is CCOc1nc(N)nc(N(CC(C)C)C(C)C)n1. The molecule has 1 aromatic rings. The third-order valence-corrected chi connectivity index (χ3v) is 2.34. The van der Waals surface area contributed by atoms with Gasteiger partial charge in [-0.05, 0) is 26.7 Å². The van der Waals surface area contributed by atoms with Crippen LogP contribution in [-0.2, 0) is 0 Å². The van der Waals surface area contributed by atoms with Gasteiger partial charge in [-0.2, -0.15) is 15.0 Å². The Bertz CT molecular complexity index is 381. The highest BCUT2D eigenvalue weighted by atomic mass is 16.5. The van der Waals surface area contributed by atoms with Crippen molar-refractivity contribution in [2.75, 3.05) is 23.8 Å². The Labute approximate surface area is 109 Å². The van der Waals surface area contributed by atoms with Crippen LogP contribution >= 0.6 is 0 Å². The number of nitrogen functional groups attached to an aromatic ring is 1. The lowest BCUT2D eigenvalue weighted by atomic mass is 10.2. The lowest BCUT2D eigenvalue weighted by Gasteiger charge is -2.28. The summed E-state index contributed by atoms with van der Waals surface area (Å²) in [5.74, 6) is 1.29. The molecule has 0 bridgehead atoms. The molecule has 0 radical (unpaired) electrons. The Morgan fingerprint density at radius 1 is 1.17 bits per heavy atom. The zero-order chi connectivity index (χ0) is 13.7. The minimum absolute atomic E-state index is 0.192. The molecule has 0 spiro atoms. The Hall–Kier alpha value is -1.59. The van der Waals surface area contributed by atoms with E-state index >= 15 is 0 Å². The summed E-state index contributed by atoms with van der Waals surface area (Å²) in [6, 6.07) is 0.582. The molecule has 6 heteroatoms. The van der Waals surface area contributed by atoms with Gasteiger partial charge in [-0.15, -0.1) is 0 Å². The van der Waals surface area contributed by atoms with Crippen molar-refractivity contribution in [1.82, 2.24) is 15.0 Å².